The van der Waals surface area contributed by atoms with Gasteiger partial charge in [0, 0.05) is 14.2 Å². The molecule has 0 atom stereocenters. The van der Waals surface area contributed by atoms with E-state index in [-0.39, 0.29) is 11.1 Å². The van der Waals surface area contributed by atoms with Crippen molar-refractivity contribution in [3.8, 4) is 0 Å². The largest absolute Gasteiger partial charge is 0.402 e. The van der Waals surface area contributed by atoms with E-state index >= 15 is 0 Å². The van der Waals surface area contributed by atoms with Gasteiger partial charge in [-0.15, -0.1) is 0 Å². The molecule has 26 heavy (non-hydrogen) atoms. The highest BCUT2D eigenvalue weighted by Crippen LogP contribution is 2.45. The number of rotatable bonds is 2. The molecule has 0 aromatic heterocycles. The zero-order valence-electron chi connectivity index (χ0n) is 16.8. The Morgan fingerprint density at radius 1 is 0.577 bits per heavy atom. The van der Waals surface area contributed by atoms with Crippen molar-refractivity contribution >= 4 is 0 Å². The second-order valence-corrected chi connectivity index (χ2v) is 4.35. The molecule has 2 aromatic carbocycles. The molecule has 0 aliphatic heterocycles. The van der Waals surface area contributed by atoms with E-state index in [2.05, 4.69) is 0 Å². The number of alkyl halides is 3. The Labute approximate surface area is 156 Å². The molecule has 0 bridgehead atoms. The molecular weight excluding hydrogens is 341 g/mol. The maximum atomic E-state index is 13.5. The number of hydrogen-bond donors (Lipinski definition) is 2. The van der Waals surface area contributed by atoms with Gasteiger partial charge < -0.3 is 10.2 Å². The maximum absolute atomic E-state index is 13.5. The van der Waals surface area contributed by atoms with E-state index in [4.69, 9.17) is 10.2 Å². The first-order valence-corrected chi connectivity index (χ1v) is 8.53. The maximum Gasteiger partial charge on any atom is 0.402 e. The van der Waals surface area contributed by atoms with Crippen molar-refractivity contribution < 1.29 is 23.4 Å². The van der Waals surface area contributed by atoms with Gasteiger partial charge in [-0.25, -0.2) is 0 Å². The van der Waals surface area contributed by atoms with Gasteiger partial charge in [0.2, 0.25) is 0 Å². The first-order valence-electron chi connectivity index (χ1n) is 8.53. The third-order valence-electron chi connectivity index (χ3n) is 3.27. The van der Waals surface area contributed by atoms with Crippen molar-refractivity contribution in [2.24, 2.45) is 0 Å². The zero-order valence-corrected chi connectivity index (χ0v) is 16.8. The fourth-order valence-electron chi connectivity index (χ4n) is 2.04. The molecule has 0 aliphatic rings. The summed E-state index contributed by atoms with van der Waals surface area (Å²) in [4.78, 5) is 0. The van der Waals surface area contributed by atoms with Crippen molar-refractivity contribution in [3.05, 3.63) is 71.8 Å². The van der Waals surface area contributed by atoms with Crippen LogP contribution in [0.5, 0.6) is 0 Å². The summed E-state index contributed by atoms with van der Waals surface area (Å²) in [7, 11) is 2.00. The molecule has 0 saturated carbocycles. The monoisotopic (exact) mass is 374 g/mol. The molecule has 0 amide bonds. The highest BCUT2D eigenvalue weighted by Gasteiger charge is 2.53. The van der Waals surface area contributed by atoms with Crippen molar-refractivity contribution in [3.63, 3.8) is 0 Å². The molecule has 150 valence electrons. The summed E-state index contributed by atoms with van der Waals surface area (Å²) in [5.41, 5.74) is -1.47. The summed E-state index contributed by atoms with van der Waals surface area (Å²) >= 11 is 0. The molecule has 0 unspecified atom stereocenters. The molecule has 0 heterocycles. The van der Waals surface area contributed by atoms with E-state index in [0.717, 1.165) is 14.2 Å². The van der Waals surface area contributed by atoms with Crippen LogP contribution in [0.3, 0.4) is 0 Å². The summed E-state index contributed by atoms with van der Waals surface area (Å²) in [5, 5.41) is 14.0. The Balaban J connectivity index is -0.000000585. The molecule has 0 spiro atoms. The van der Waals surface area contributed by atoms with Gasteiger partial charge in [-0.1, -0.05) is 88.4 Å². The molecule has 2 rings (SSSR count). The van der Waals surface area contributed by atoms with Crippen LogP contribution in [0.2, 0.25) is 0 Å². The quantitative estimate of drug-likeness (QED) is 0.695. The van der Waals surface area contributed by atoms with Crippen LogP contribution in [0.1, 0.15) is 45.7 Å². The van der Waals surface area contributed by atoms with Crippen LogP contribution in [0, 0.1) is 0 Å². The lowest BCUT2D eigenvalue weighted by molar-refractivity contribution is -0.173. The van der Waals surface area contributed by atoms with Gasteiger partial charge in [0.1, 0.15) is 5.41 Å². The smallest absolute Gasteiger partial charge is 0.400 e. The van der Waals surface area contributed by atoms with Crippen molar-refractivity contribution in [2.45, 2.75) is 46.2 Å². The number of benzene rings is 2. The van der Waals surface area contributed by atoms with E-state index in [1.165, 1.54) is 31.2 Å². The summed E-state index contributed by atoms with van der Waals surface area (Å²) in [6.45, 7) is 9.22. The second-order valence-electron chi connectivity index (χ2n) is 4.35. The SMILES string of the molecule is CC.CC.CC(c1ccccc1)(c1ccccc1)C(F)(F)F.CO.CO. The number of aliphatic hydroxyl groups is 2. The number of halogens is 3. The predicted octanol–water partition coefficient (Wildman–Crippen LogP) is 5.82. The van der Waals surface area contributed by atoms with Gasteiger partial charge in [-0.05, 0) is 18.1 Å². The zero-order chi connectivity index (χ0) is 21.2. The van der Waals surface area contributed by atoms with Crippen LogP contribution in [-0.2, 0) is 5.41 Å². The standard InChI is InChI=1S/C15H13F3.2C2H6.2CH4O/c1-14(15(16,17)18,12-8-4-2-5-9-12)13-10-6-3-7-11-13;4*1-2/h2-11H,1H3;2*1-2H3;2*2H,1H3. The third-order valence-corrected chi connectivity index (χ3v) is 3.27. The van der Waals surface area contributed by atoms with Gasteiger partial charge in [-0.3, -0.25) is 0 Å². The predicted molar refractivity (Wildman–Crippen MR) is 104 cm³/mol. The van der Waals surface area contributed by atoms with Crippen LogP contribution in [0.4, 0.5) is 13.2 Å². The third kappa shape index (κ3) is 8.02. The summed E-state index contributed by atoms with van der Waals surface area (Å²) < 4.78 is 40.4. The number of aliphatic hydroxyl groups excluding tert-OH is 2. The van der Waals surface area contributed by atoms with E-state index < -0.39 is 11.6 Å². The van der Waals surface area contributed by atoms with Crippen molar-refractivity contribution in [2.75, 3.05) is 14.2 Å². The first kappa shape index (κ1) is 28.9. The Bertz CT molecular complexity index is 472. The Hall–Kier alpha value is -1.85. The van der Waals surface area contributed by atoms with Gasteiger partial charge in [0.05, 0.1) is 0 Å². The molecular formula is C21H33F3O2. The van der Waals surface area contributed by atoms with E-state index in [1.807, 2.05) is 27.7 Å². The van der Waals surface area contributed by atoms with Crippen molar-refractivity contribution in [1.82, 2.24) is 0 Å². The first-order chi connectivity index (χ1) is 12.5. The molecule has 0 fully saturated rings. The molecule has 2 aromatic rings. The molecule has 0 aliphatic carbocycles. The van der Waals surface area contributed by atoms with Crippen LogP contribution in [0.15, 0.2) is 60.7 Å². The van der Waals surface area contributed by atoms with E-state index in [9.17, 15) is 13.2 Å². The highest BCUT2D eigenvalue weighted by atomic mass is 19.4. The topological polar surface area (TPSA) is 40.5 Å². The Morgan fingerprint density at radius 2 is 0.808 bits per heavy atom. The van der Waals surface area contributed by atoms with Gasteiger partial charge in [0.25, 0.3) is 0 Å². The molecule has 0 radical (unpaired) electrons. The van der Waals surface area contributed by atoms with Gasteiger partial charge >= 0.3 is 6.18 Å². The Kier molecular flexibility index (Phi) is 18.5. The summed E-state index contributed by atoms with van der Waals surface area (Å²) in [5.74, 6) is 0. The minimum absolute atomic E-state index is 0.253. The minimum Gasteiger partial charge on any atom is -0.400 e. The number of hydrogen-bond acceptors (Lipinski definition) is 2. The van der Waals surface area contributed by atoms with Crippen molar-refractivity contribution in [1.29, 1.82) is 0 Å². The average molecular weight is 374 g/mol. The fourth-order valence-corrected chi connectivity index (χ4v) is 2.04. The minimum atomic E-state index is -4.34. The van der Waals surface area contributed by atoms with E-state index in [0.29, 0.717) is 0 Å². The summed E-state index contributed by atoms with van der Waals surface area (Å²) in [6, 6.07) is 16.0. The van der Waals surface area contributed by atoms with E-state index in [1.54, 1.807) is 36.4 Å². The molecule has 5 heteroatoms. The molecule has 2 N–H and O–H groups in total. The Morgan fingerprint density at radius 3 is 1.00 bits per heavy atom. The second kappa shape index (κ2) is 16.6. The lowest BCUT2D eigenvalue weighted by Gasteiger charge is -2.33. The normalized spacial score (nSPS) is 9.54. The molecule has 0 saturated heterocycles. The highest BCUT2D eigenvalue weighted by molar-refractivity contribution is 5.40. The average Bonchev–Trinajstić information content (AvgIpc) is 2.74. The van der Waals surface area contributed by atoms with Gasteiger partial charge in [0.15, 0.2) is 0 Å². The van der Waals surface area contributed by atoms with Crippen LogP contribution < -0.4 is 0 Å². The van der Waals surface area contributed by atoms with Crippen LogP contribution in [0.25, 0.3) is 0 Å². The molecule has 2 nitrogen and oxygen atoms in total. The van der Waals surface area contributed by atoms with Crippen LogP contribution >= 0.6 is 0 Å². The lowest BCUT2D eigenvalue weighted by atomic mass is 9.75. The fraction of sp³-hybridized carbons (Fsp3) is 0.429. The summed E-state index contributed by atoms with van der Waals surface area (Å²) in [6.07, 6.45) is -4.34. The lowest BCUT2D eigenvalue weighted by Crippen LogP contribution is -2.40. The van der Waals surface area contributed by atoms with Crippen LogP contribution in [-0.4, -0.2) is 30.6 Å². The van der Waals surface area contributed by atoms with Gasteiger partial charge in [-0.2, -0.15) is 13.2 Å².